The van der Waals surface area contributed by atoms with Crippen molar-refractivity contribution in [2.24, 2.45) is 5.73 Å². The van der Waals surface area contributed by atoms with Crippen LogP contribution in [0.3, 0.4) is 0 Å². The third kappa shape index (κ3) is 2.59. The van der Waals surface area contributed by atoms with Crippen LogP contribution in [-0.2, 0) is 16.1 Å². The highest BCUT2D eigenvalue weighted by Gasteiger charge is 2.21. The molecule has 0 spiro atoms. The number of fused-ring (bicyclic) bond motifs is 1. The summed E-state index contributed by atoms with van der Waals surface area (Å²) < 4.78 is 23.8. The largest absolute Gasteiger partial charge is 0.755 e. The number of carbonyl (C=O) groups excluding carboxylic acids is 1. The van der Waals surface area contributed by atoms with Gasteiger partial charge in [0.2, 0.25) is 5.91 Å². The van der Waals surface area contributed by atoms with Crippen LogP contribution in [0.5, 0.6) is 0 Å². The van der Waals surface area contributed by atoms with Gasteiger partial charge in [-0.25, -0.2) is 0 Å². The second-order valence-electron chi connectivity index (χ2n) is 4.12. The lowest BCUT2D eigenvalue weighted by Gasteiger charge is -2.31. The fourth-order valence-electron chi connectivity index (χ4n) is 1.93. The summed E-state index contributed by atoms with van der Waals surface area (Å²) in [5.41, 5.74) is 5.64. The Kier molecular flexibility index (Phi) is 3.82. The summed E-state index contributed by atoms with van der Waals surface area (Å²) in [6.07, 6.45) is 0. The van der Waals surface area contributed by atoms with E-state index in [1.807, 2.05) is 24.3 Å². The Labute approximate surface area is 113 Å². The van der Waals surface area contributed by atoms with Gasteiger partial charge >= 0.3 is 0 Å². The minimum Gasteiger partial charge on any atom is -0.755 e. The normalized spacial score (nSPS) is 14.0. The quantitative estimate of drug-likeness (QED) is 0.855. The zero-order chi connectivity index (χ0) is 14.0. The molecule has 0 aliphatic heterocycles. The Hall–Kier alpha value is -1.92. The van der Waals surface area contributed by atoms with Crippen LogP contribution in [0.15, 0.2) is 42.5 Å². The van der Waals surface area contributed by atoms with E-state index in [-0.39, 0.29) is 0 Å². The number of nitrogens with two attached hydrogens (primary N) is 1. The van der Waals surface area contributed by atoms with Crippen LogP contribution >= 0.6 is 0 Å². The molecule has 2 rings (SSSR count). The number of amides is 1. The van der Waals surface area contributed by atoms with E-state index in [0.29, 0.717) is 5.69 Å². The first-order valence-corrected chi connectivity index (χ1v) is 6.71. The molecule has 0 radical (unpaired) electrons. The fourth-order valence-corrected chi connectivity index (χ4v) is 2.62. The van der Waals surface area contributed by atoms with Crippen molar-refractivity contribution < 1.29 is 13.6 Å². The number of carbonyl (C=O) groups is 1. The number of hydrogen-bond acceptors (Lipinski definition) is 3. The molecular formula is C13H13N2O3S-. The highest BCUT2D eigenvalue weighted by molar-refractivity contribution is 7.80. The van der Waals surface area contributed by atoms with Gasteiger partial charge in [0.05, 0.1) is 5.69 Å². The highest BCUT2D eigenvalue weighted by Crippen LogP contribution is 2.28. The summed E-state index contributed by atoms with van der Waals surface area (Å²) >= 11 is -2.58. The molecule has 2 aromatic carbocycles. The number of primary amides is 1. The van der Waals surface area contributed by atoms with Crippen molar-refractivity contribution in [3.05, 3.63) is 42.5 Å². The molecule has 0 aliphatic rings. The molecule has 0 aromatic heterocycles. The molecule has 19 heavy (non-hydrogen) atoms. The third-order valence-electron chi connectivity index (χ3n) is 2.93. The van der Waals surface area contributed by atoms with Gasteiger partial charge < -0.3 is 10.3 Å². The van der Waals surface area contributed by atoms with Crippen molar-refractivity contribution >= 4 is 33.6 Å². The minimum atomic E-state index is -2.58. The molecule has 0 fully saturated rings. The molecule has 5 nitrogen and oxygen atoms in total. The van der Waals surface area contributed by atoms with Gasteiger partial charge in [-0.2, -0.15) is 0 Å². The Balaban J connectivity index is 2.63. The molecule has 0 saturated carbocycles. The molecule has 2 atom stereocenters. The minimum absolute atomic E-state index is 0.442. The first-order chi connectivity index (χ1) is 9.02. The summed E-state index contributed by atoms with van der Waals surface area (Å²) in [7, 11) is 0. The molecule has 2 N–H and O–H groups in total. The maximum absolute atomic E-state index is 11.4. The number of anilines is 1. The molecule has 1 amide bonds. The summed E-state index contributed by atoms with van der Waals surface area (Å²) in [5, 5.41) is 1.65. The lowest BCUT2D eigenvalue weighted by molar-refractivity contribution is -0.118. The molecule has 6 heteroatoms. The van der Waals surface area contributed by atoms with Gasteiger partial charge in [-0.05, 0) is 18.4 Å². The van der Waals surface area contributed by atoms with Gasteiger partial charge in [-0.1, -0.05) is 36.4 Å². The van der Waals surface area contributed by atoms with Crippen LogP contribution in [0.2, 0.25) is 0 Å². The average Bonchev–Trinajstić information content (AvgIpc) is 2.38. The lowest BCUT2D eigenvalue weighted by atomic mass is 10.1. The Morgan fingerprint density at radius 1 is 1.26 bits per heavy atom. The molecular weight excluding hydrogens is 264 g/mol. The van der Waals surface area contributed by atoms with Crippen molar-refractivity contribution in [3.8, 4) is 0 Å². The predicted octanol–water partition coefficient (Wildman–Crippen LogP) is 1.31. The topological polar surface area (TPSA) is 86.5 Å². The SMILES string of the molecule is CC(C(N)=O)N(c1cccc2ccccc12)S(=O)[O-]. The summed E-state index contributed by atoms with van der Waals surface area (Å²) in [5.74, 6) is -0.697. The van der Waals surface area contributed by atoms with E-state index in [2.05, 4.69) is 0 Å². The van der Waals surface area contributed by atoms with Gasteiger partial charge in [-0.3, -0.25) is 13.3 Å². The molecule has 0 aliphatic carbocycles. The smallest absolute Gasteiger partial charge is 0.240 e. The number of rotatable bonds is 4. The van der Waals surface area contributed by atoms with Gasteiger partial charge in [0, 0.05) is 16.7 Å². The lowest BCUT2D eigenvalue weighted by Crippen LogP contribution is -2.43. The third-order valence-corrected chi connectivity index (χ3v) is 3.76. The maximum Gasteiger partial charge on any atom is 0.240 e. The Morgan fingerprint density at radius 3 is 2.53 bits per heavy atom. The number of hydrogen-bond donors (Lipinski definition) is 1. The second-order valence-corrected chi connectivity index (χ2v) is 4.95. The van der Waals surface area contributed by atoms with E-state index in [1.54, 1.807) is 18.2 Å². The summed E-state index contributed by atoms with van der Waals surface area (Å²) in [4.78, 5) is 11.3. The zero-order valence-electron chi connectivity index (χ0n) is 10.3. The first-order valence-electron chi connectivity index (χ1n) is 5.68. The van der Waals surface area contributed by atoms with E-state index in [1.165, 1.54) is 6.92 Å². The maximum atomic E-state index is 11.4. The molecule has 0 saturated heterocycles. The van der Waals surface area contributed by atoms with Crippen LogP contribution in [-0.4, -0.2) is 20.7 Å². The van der Waals surface area contributed by atoms with Crippen LogP contribution in [0.25, 0.3) is 10.8 Å². The Morgan fingerprint density at radius 2 is 1.89 bits per heavy atom. The van der Waals surface area contributed by atoms with Crippen LogP contribution in [0, 0.1) is 0 Å². The molecule has 0 heterocycles. The first kappa shape index (κ1) is 13.5. The van der Waals surface area contributed by atoms with Gasteiger partial charge in [0.25, 0.3) is 0 Å². The van der Waals surface area contributed by atoms with E-state index in [4.69, 9.17) is 5.73 Å². The second kappa shape index (κ2) is 5.38. The van der Waals surface area contributed by atoms with Crippen molar-refractivity contribution in [2.45, 2.75) is 13.0 Å². The van der Waals surface area contributed by atoms with Crippen LogP contribution < -0.4 is 10.0 Å². The van der Waals surface area contributed by atoms with Crippen molar-refractivity contribution in [1.82, 2.24) is 0 Å². The van der Waals surface area contributed by atoms with E-state index < -0.39 is 23.2 Å². The van der Waals surface area contributed by atoms with Crippen molar-refractivity contribution in [2.75, 3.05) is 4.31 Å². The molecule has 100 valence electrons. The molecule has 2 aromatic rings. The summed E-state index contributed by atoms with van der Waals surface area (Å²) in [6, 6.07) is 11.7. The Bertz CT molecular complexity index is 639. The number of nitrogens with zero attached hydrogens (tertiary/aromatic N) is 1. The molecule has 0 bridgehead atoms. The van der Waals surface area contributed by atoms with E-state index in [9.17, 15) is 13.6 Å². The van der Waals surface area contributed by atoms with Gasteiger partial charge in [0.1, 0.15) is 6.04 Å². The van der Waals surface area contributed by atoms with Crippen LogP contribution in [0.4, 0.5) is 5.69 Å². The predicted molar refractivity (Wildman–Crippen MR) is 74.0 cm³/mol. The van der Waals surface area contributed by atoms with E-state index >= 15 is 0 Å². The fraction of sp³-hybridized carbons (Fsp3) is 0.154. The van der Waals surface area contributed by atoms with Gasteiger partial charge in [0.15, 0.2) is 0 Å². The highest BCUT2D eigenvalue weighted by atomic mass is 32.2. The average molecular weight is 277 g/mol. The standard InChI is InChI=1S/C13H14N2O3S/c1-9(13(14)16)15(19(17)18)12-8-4-6-10-5-2-3-7-11(10)12/h2-9H,1H3,(H2,14,16)(H,17,18)/p-1. The monoisotopic (exact) mass is 277 g/mol. The summed E-state index contributed by atoms with van der Waals surface area (Å²) in [6.45, 7) is 1.46. The number of benzene rings is 2. The van der Waals surface area contributed by atoms with Crippen LogP contribution in [0.1, 0.15) is 6.92 Å². The molecule has 2 unspecified atom stereocenters. The van der Waals surface area contributed by atoms with E-state index in [0.717, 1.165) is 15.1 Å². The zero-order valence-corrected chi connectivity index (χ0v) is 11.1. The van der Waals surface area contributed by atoms with Crippen molar-refractivity contribution in [3.63, 3.8) is 0 Å². The van der Waals surface area contributed by atoms with Gasteiger partial charge in [-0.15, -0.1) is 0 Å². The van der Waals surface area contributed by atoms with Crippen molar-refractivity contribution in [1.29, 1.82) is 0 Å².